The van der Waals surface area contributed by atoms with Gasteiger partial charge in [-0.05, 0) is 69.2 Å². The molecule has 9 nitrogen and oxygen atoms in total. The van der Waals surface area contributed by atoms with Crippen LogP contribution in [0.2, 0.25) is 0 Å². The summed E-state index contributed by atoms with van der Waals surface area (Å²) in [7, 11) is 1.23. The number of nitrogens with one attached hydrogen (secondary N) is 2. The van der Waals surface area contributed by atoms with E-state index in [9.17, 15) is 19.2 Å². The van der Waals surface area contributed by atoms with Gasteiger partial charge >= 0.3 is 12.1 Å². The highest BCUT2D eigenvalue weighted by Gasteiger charge is 2.44. The van der Waals surface area contributed by atoms with Crippen molar-refractivity contribution in [3.05, 3.63) is 42.0 Å². The molecule has 1 fully saturated rings. The second-order valence-electron chi connectivity index (χ2n) is 9.53. The predicted octanol–water partition coefficient (Wildman–Crippen LogP) is 3.30. The standard InChI is InChI=1S/C26H37N3O6S/c1-7-17-9-8-10-18(15-17)22(23(31)27-16-21(30)34-5)29(19-11-12-19)24(32)20(13-14-36-6)28-25(33)35-26(2,3)4/h7-10,15,19-20,22H,1,11-14,16H2,2-6H3,(H,27,31)(H,28,33). The molecule has 1 aliphatic rings. The van der Waals surface area contributed by atoms with Crippen molar-refractivity contribution < 1.29 is 28.7 Å². The summed E-state index contributed by atoms with van der Waals surface area (Å²) in [4.78, 5) is 53.2. The van der Waals surface area contributed by atoms with E-state index in [0.29, 0.717) is 17.7 Å². The number of amides is 3. The van der Waals surface area contributed by atoms with E-state index in [0.717, 1.165) is 18.4 Å². The Kier molecular flexibility index (Phi) is 10.8. The number of hydrogen-bond acceptors (Lipinski definition) is 7. The molecule has 1 aliphatic carbocycles. The van der Waals surface area contributed by atoms with Crippen molar-refractivity contribution in [3.8, 4) is 0 Å². The molecule has 0 bridgehead atoms. The second-order valence-corrected chi connectivity index (χ2v) is 10.5. The van der Waals surface area contributed by atoms with Crippen LogP contribution in [0.5, 0.6) is 0 Å². The molecule has 2 rings (SSSR count). The fourth-order valence-corrected chi connectivity index (χ4v) is 4.09. The first-order valence-corrected chi connectivity index (χ1v) is 13.3. The number of ether oxygens (including phenoxy) is 2. The van der Waals surface area contributed by atoms with Gasteiger partial charge in [-0.3, -0.25) is 14.4 Å². The van der Waals surface area contributed by atoms with Gasteiger partial charge in [0.25, 0.3) is 0 Å². The highest BCUT2D eigenvalue weighted by molar-refractivity contribution is 7.98. The van der Waals surface area contributed by atoms with Gasteiger partial charge in [0.2, 0.25) is 11.8 Å². The molecular formula is C26H37N3O6S. The summed E-state index contributed by atoms with van der Waals surface area (Å²) in [5.74, 6) is -0.867. The lowest BCUT2D eigenvalue weighted by atomic mass is 10.00. The van der Waals surface area contributed by atoms with Gasteiger partial charge in [0.15, 0.2) is 0 Å². The van der Waals surface area contributed by atoms with Crippen molar-refractivity contribution in [2.75, 3.05) is 25.7 Å². The Morgan fingerprint density at radius 3 is 2.50 bits per heavy atom. The molecule has 36 heavy (non-hydrogen) atoms. The zero-order chi connectivity index (χ0) is 26.9. The molecule has 0 saturated heterocycles. The maximum atomic E-state index is 14.0. The third kappa shape index (κ3) is 8.89. The van der Waals surface area contributed by atoms with Crippen LogP contribution in [0, 0.1) is 0 Å². The third-order valence-electron chi connectivity index (χ3n) is 5.42. The van der Waals surface area contributed by atoms with Gasteiger partial charge in [-0.25, -0.2) is 4.79 Å². The monoisotopic (exact) mass is 519 g/mol. The summed E-state index contributed by atoms with van der Waals surface area (Å²) in [6.45, 7) is 8.70. The average molecular weight is 520 g/mol. The number of hydrogen-bond donors (Lipinski definition) is 2. The summed E-state index contributed by atoms with van der Waals surface area (Å²) in [6.07, 6.45) is 4.70. The quantitative estimate of drug-likeness (QED) is 0.407. The van der Waals surface area contributed by atoms with Gasteiger partial charge in [-0.1, -0.05) is 30.9 Å². The molecule has 2 N–H and O–H groups in total. The summed E-state index contributed by atoms with van der Waals surface area (Å²) >= 11 is 1.55. The molecule has 0 aliphatic heterocycles. The molecule has 2 atom stereocenters. The third-order valence-corrected chi connectivity index (χ3v) is 6.06. The first-order valence-electron chi connectivity index (χ1n) is 11.9. The molecule has 1 saturated carbocycles. The lowest BCUT2D eigenvalue weighted by Gasteiger charge is -2.34. The largest absolute Gasteiger partial charge is 0.468 e. The number of thioether (sulfide) groups is 1. The fraction of sp³-hybridized carbons (Fsp3) is 0.538. The van der Waals surface area contributed by atoms with Crippen LogP contribution < -0.4 is 10.6 Å². The van der Waals surface area contributed by atoms with E-state index in [1.165, 1.54) is 12.0 Å². The Balaban J connectivity index is 2.44. The Hall–Kier alpha value is -3.01. The fourth-order valence-electron chi connectivity index (χ4n) is 3.62. The van der Waals surface area contributed by atoms with E-state index >= 15 is 0 Å². The van der Waals surface area contributed by atoms with Crippen LogP contribution in [0.15, 0.2) is 30.8 Å². The van der Waals surface area contributed by atoms with Gasteiger partial charge < -0.3 is 25.0 Å². The highest BCUT2D eigenvalue weighted by Crippen LogP contribution is 2.36. The number of benzene rings is 1. The van der Waals surface area contributed by atoms with E-state index in [-0.39, 0.29) is 18.5 Å². The number of rotatable bonds is 12. The number of esters is 1. The van der Waals surface area contributed by atoms with Crippen molar-refractivity contribution >= 4 is 41.7 Å². The Bertz CT molecular complexity index is 957. The van der Waals surface area contributed by atoms with Crippen molar-refractivity contribution in [3.63, 3.8) is 0 Å². The lowest BCUT2D eigenvalue weighted by molar-refractivity contribution is -0.145. The maximum Gasteiger partial charge on any atom is 0.408 e. The van der Waals surface area contributed by atoms with E-state index in [4.69, 9.17) is 4.74 Å². The number of carbonyl (C=O) groups is 4. The molecule has 0 spiro atoms. The van der Waals surface area contributed by atoms with Crippen LogP contribution in [0.3, 0.4) is 0 Å². The molecular weight excluding hydrogens is 482 g/mol. The van der Waals surface area contributed by atoms with Crippen molar-refractivity contribution in [1.82, 2.24) is 15.5 Å². The van der Waals surface area contributed by atoms with Crippen LogP contribution in [0.25, 0.3) is 6.08 Å². The lowest BCUT2D eigenvalue weighted by Crippen LogP contribution is -2.54. The minimum atomic E-state index is -1.01. The van der Waals surface area contributed by atoms with Gasteiger partial charge in [-0.2, -0.15) is 11.8 Å². The SMILES string of the molecule is C=Cc1cccc(C(C(=O)NCC(=O)OC)N(C(=O)C(CCSC)NC(=O)OC(C)(C)C)C2CC2)c1. The van der Waals surface area contributed by atoms with Gasteiger partial charge in [0.05, 0.1) is 7.11 Å². The van der Waals surface area contributed by atoms with Gasteiger partial charge in [0, 0.05) is 6.04 Å². The Morgan fingerprint density at radius 2 is 1.94 bits per heavy atom. The molecule has 0 heterocycles. The second kappa shape index (κ2) is 13.3. The number of alkyl carbamates (subject to hydrolysis) is 1. The first kappa shape index (κ1) is 29.2. The summed E-state index contributed by atoms with van der Waals surface area (Å²) < 4.78 is 10.0. The molecule has 1 aromatic carbocycles. The number of methoxy groups -OCH3 is 1. The first-order chi connectivity index (χ1) is 17.0. The van der Waals surface area contributed by atoms with Crippen LogP contribution >= 0.6 is 11.8 Å². The topological polar surface area (TPSA) is 114 Å². The smallest absolute Gasteiger partial charge is 0.408 e. The predicted molar refractivity (Wildman–Crippen MR) is 140 cm³/mol. The van der Waals surface area contributed by atoms with Gasteiger partial charge in [0.1, 0.15) is 24.2 Å². The zero-order valence-electron chi connectivity index (χ0n) is 21.7. The van der Waals surface area contributed by atoms with E-state index in [1.807, 2.05) is 12.3 Å². The van der Waals surface area contributed by atoms with Crippen LogP contribution in [0.1, 0.15) is 57.2 Å². The van der Waals surface area contributed by atoms with Crippen LogP contribution in [-0.4, -0.2) is 72.1 Å². The highest BCUT2D eigenvalue weighted by atomic mass is 32.2. The molecule has 0 radical (unpaired) electrons. The number of nitrogens with zero attached hydrogens (tertiary/aromatic N) is 1. The van der Waals surface area contributed by atoms with E-state index in [1.54, 1.807) is 56.8 Å². The molecule has 1 aromatic rings. The molecule has 10 heteroatoms. The molecule has 198 valence electrons. The van der Waals surface area contributed by atoms with E-state index < -0.39 is 35.7 Å². The minimum absolute atomic E-state index is 0.170. The Labute approximate surface area is 217 Å². The normalized spacial score (nSPS) is 14.7. The number of carbonyl (C=O) groups excluding carboxylic acids is 4. The zero-order valence-corrected chi connectivity index (χ0v) is 22.5. The van der Waals surface area contributed by atoms with Crippen LogP contribution in [0.4, 0.5) is 4.79 Å². The maximum absolute atomic E-state index is 14.0. The summed E-state index contributed by atoms with van der Waals surface area (Å²) in [5, 5.41) is 5.30. The minimum Gasteiger partial charge on any atom is -0.468 e. The Morgan fingerprint density at radius 1 is 1.25 bits per heavy atom. The molecule has 3 amide bonds. The summed E-state index contributed by atoms with van der Waals surface area (Å²) in [6, 6.07) is 5.11. The van der Waals surface area contributed by atoms with Crippen molar-refractivity contribution in [2.24, 2.45) is 0 Å². The molecule has 0 aromatic heterocycles. The van der Waals surface area contributed by atoms with Gasteiger partial charge in [-0.15, -0.1) is 0 Å². The van der Waals surface area contributed by atoms with Crippen molar-refractivity contribution in [2.45, 2.75) is 63.8 Å². The average Bonchev–Trinajstić information content (AvgIpc) is 3.66. The summed E-state index contributed by atoms with van der Waals surface area (Å²) in [5.41, 5.74) is 0.637. The molecule has 2 unspecified atom stereocenters. The van der Waals surface area contributed by atoms with E-state index in [2.05, 4.69) is 21.9 Å². The van der Waals surface area contributed by atoms with Crippen molar-refractivity contribution in [1.29, 1.82) is 0 Å². The van der Waals surface area contributed by atoms with Crippen LogP contribution in [-0.2, 0) is 23.9 Å².